The van der Waals surface area contributed by atoms with Crippen molar-refractivity contribution in [3.05, 3.63) is 71.0 Å². The first-order chi connectivity index (χ1) is 13.2. The van der Waals surface area contributed by atoms with E-state index in [0.29, 0.717) is 16.4 Å². The Morgan fingerprint density at radius 2 is 1.71 bits per heavy atom. The minimum Gasteiger partial charge on any atom is -0.366 e. The van der Waals surface area contributed by atoms with Crippen molar-refractivity contribution in [1.82, 2.24) is 9.78 Å². The summed E-state index contributed by atoms with van der Waals surface area (Å²) in [6.45, 7) is 3.89. The highest BCUT2D eigenvalue weighted by atomic mass is 35.5. The summed E-state index contributed by atoms with van der Waals surface area (Å²) in [6, 6.07) is 12.5. The third-order valence-corrected chi connectivity index (χ3v) is 5.75. The van der Waals surface area contributed by atoms with Crippen molar-refractivity contribution in [1.29, 1.82) is 0 Å². The Hall–Kier alpha value is -2.84. The Morgan fingerprint density at radius 1 is 1.11 bits per heavy atom. The molecule has 0 radical (unpaired) electrons. The van der Waals surface area contributed by atoms with Gasteiger partial charge >= 0.3 is 0 Å². The lowest BCUT2D eigenvalue weighted by Gasteiger charge is -2.14. The number of nitrogens with zero attached hydrogens (tertiary/aromatic N) is 2. The number of amides is 1. The van der Waals surface area contributed by atoms with Crippen LogP contribution in [0.15, 0.2) is 59.6 Å². The summed E-state index contributed by atoms with van der Waals surface area (Å²) < 4.78 is 29.8. The first kappa shape index (κ1) is 19.9. The molecule has 28 heavy (non-hydrogen) atoms. The van der Waals surface area contributed by atoms with Crippen LogP contribution < -0.4 is 10.5 Å². The minimum atomic E-state index is -3.86. The standard InChI is InChI=1S/C19H19ClN4O3S/c1-12(2)18-17(11-22-24(18)15-7-5-14(20)6-8-15)23-28(26,27)16-9-3-13(4-10-16)19(21)25/h3-12,23H,1-2H3,(H2,21,25). The average Bonchev–Trinajstić information content (AvgIpc) is 3.05. The number of sulfonamides is 1. The van der Waals surface area contributed by atoms with Crippen LogP contribution in [0.2, 0.25) is 5.02 Å². The van der Waals surface area contributed by atoms with E-state index in [4.69, 9.17) is 17.3 Å². The maximum atomic E-state index is 12.8. The zero-order chi connectivity index (χ0) is 20.5. The van der Waals surface area contributed by atoms with Gasteiger partial charge in [0.15, 0.2) is 0 Å². The molecule has 1 aromatic heterocycles. The van der Waals surface area contributed by atoms with Gasteiger partial charge in [-0.15, -0.1) is 0 Å². The summed E-state index contributed by atoms with van der Waals surface area (Å²) in [6.07, 6.45) is 1.47. The van der Waals surface area contributed by atoms with Crippen LogP contribution in [0, 0.1) is 0 Å². The predicted molar refractivity (Wildman–Crippen MR) is 108 cm³/mol. The van der Waals surface area contributed by atoms with Crippen molar-refractivity contribution in [2.24, 2.45) is 5.73 Å². The van der Waals surface area contributed by atoms with Gasteiger partial charge in [0.25, 0.3) is 10.0 Å². The molecule has 0 bridgehead atoms. The SMILES string of the molecule is CC(C)c1c(NS(=O)(=O)c2ccc(C(N)=O)cc2)cnn1-c1ccc(Cl)cc1. The van der Waals surface area contributed by atoms with Gasteiger partial charge in [-0.25, -0.2) is 13.1 Å². The number of rotatable bonds is 6. The molecule has 0 aliphatic carbocycles. The highest BCUT2D eigenvalue weighted by Crippen LogP contribution is 2.29. The van der Waals surface area contributed by atoms with E-state index in [1.54, 1.807) is 16.8 Å². The number of benzene rings is 2. The largest absolute Gasteiger partial charge is 0.366 e. The molecule has 0 unspecified atom stereocenters. The monoisotopic (exact) mass is 418 g/mol. The van der Waals surface area contributed by atoms with Crippen molar-refractivity contribution in [2.45, 2.75) is 24.7 Å². The molecule has 9 heteroatoms. The lowest BCUT2D eigenvalue weighted by Crippen LogP contribution is -2.16. The van der Waals surface area contributed by atoms with Gasteiger partial charge in [0.1, 0.15) is 0 Å². The molecule has 1 amide bonds. The van der Waals surface area contributed by atoms with E-state index < -0.39 is 15.9 Å². The molecular formula is C19H19ClN4O3S. The zero-order valence-corrected chi connectivity index (χ0v) is 16.8. The van der Waals surface area contributed by atoms with Gasteiger partial charge < -0.3 is 5.73 Å². The Bertz CT molecular complexity index is 1110. The molecule has 0 aliphatic rings. The smallest absolute Gasteiger partial charge is 0.262 e. The van der Waals surface area contributed by atoms with Gasteiger partial charge in [-0.3, -0.25) is 9.52 Å². The third-order valence-electron chi connectivity index (χ3n) is 4.12. The molecule has 3 N–H and O–H groups in total. The van der Waals surface area contributed by atoms with E-state index in [-0.39, 0.29) is 16.4 Å². The molecule has 0 saturated heterocycles. The number of hydrogen-bond acceptors (Lipinski definition) is 4. The number of hydrogen-bond donors (Lipinski definition) is 2. The highest BCUT2D eigenvalue weighted by molar-refractivity contribution is 7.92. The van der Waals surface area contributed by atoms with Gasteiger partial charge in [-0.2, -0.15) is 5.10 Å². The lowest BCUT2D eigenvalue weighted by molar-refractivity contribution is 0.1000. The molecule has 0 spiro atoms. The van der Waals surface area contributed by atoms with Crippen LogP contribution in [-0.4, -0.2) is 24.1 Å². The number of carbonyl (C=O) groups excluding carboxylic acids is 1. The number of halogens is 1. The molecule has 0 aliphatic heterocycles. The first-order valence-corrected chi connectivity index (χ1v) is 10.3. The number of primary amides is 1. The molecule has 0 fully saturated rings. The highest BCUT2D eigenvalue weighted by Gasteiger charge is 2.21. The summed E-state index contributed by atoms with van der Waals surface area (Å²) in [5, 5.41) is 4.94. The van der Waals surface area contributed by atoms with Crippen LogP contribution in [-0.2, 0) is 10.0 Å². The molecule has 2 aromatic carbocycles. The van der Waals surface area contributed by atoms with Gasteiger partial charge in [-0.1, -0.05) is 25.4 Å². The fourth-order valence-corrected chi connectivity index (χ4v) is 3.97. The molecule has 1 heterocycles. The normalized spacial score (nSPS) is 11.6. The second-order valence-electron chi connectivity index (χ2n) is 6.48. The lowest BCUT2D eigenvalue weighted by atomic mass is 10.1. The van der Waals surface area contributed by atoms with E-state index in [1.807, 2.05) is 26.0 Å². The molecule has 7 nitrogen and oxygen atoms in total. The molecule has 3 rings (SSSR count). The Labute approximate surface area is 168 Å². The fraction of sp³-hybridized carbons (Fsp3) is 0.158. The molecule has 0 saturated carbocycles. The van der Waals surface area contributed by atoms with Crippen LogP contribution >= 0.6 is 11.6 Å². The van der Waals surface area contributed by atoms with E-state index in [2.05, 4.69) is 9.82 Å². The first-order valence-electron chi connectivity index (χ1n) is 8.45. The van der Waals surface area contributed by atoms with Gasteiger partial charge in [0, 0.05) is 10.6 Å². The molecular weight excluding hydrogens is 400 g/mol. The summed E-state index contributed by atoms with van der Waals surface area (Å²) in [4.78, 5) is 11.2. The van der Waals surface area contributed by atoms with E-state index in [0.717, 1.165) is 5.69 Å². The maximum absolute atomic E-state index is 12.8. The number of aromatic nitrogens is 2. The third kappa shape index (κ3) is 4.02. The number of nitrogens with two attached hydrogens (primary N) is 1. The minimum absolute atomic E-state index is 0.00637. The average molecular weight is 419 g/mol. The van der Waals surface area contributed by atoms with Crippen LogP contribution in [0.5, 0.6) is 0 Å². The van der Waals surface area contributed by atoms with E-state index in [1.165, 1.54) is 30.5 Å². The number of anilines is 1. The van der Waals surface area contributed by atoms with E-state index >= 15 is 0 Å². The summed E-state index contributed by atoms with van der Waals surface area (Å²) in [7, 11) is -3.86. The number of nitrogens with one attached hydrogen (secondary N) is 1. The molecule has 0 atom stereocenters. The topological polar surface area (TPSA) is 107 Å². The Balaban J connectivity index is 1.97. The van der Waals surface area contributed by atoms with Gasteiger partial charge in [0.2, 0.25) is 5.91 Å². The Morgan fingerprint density at radius 3 is 2.25 bits per heavy atom. The van der Waals surface area contributed by atoms with Crippen molar-refractivity contribution >= 4 is 33.2 Å². The van der Waals surface area contributed by atoms with Crippen LogP contribution in [0.4, 0.5) is 5.69 Å². The van der Waals surface area contributed by atoms with Gasteiger partial charge in [0.05, 0.1) is 28.2 Å². The fourth-order valence-electron chi connectivity index (χ4n) is 2.78. The maximum Gasteiger partial charge on any atom is 0.262 e. The van der Waals surface area contributed by atoms with Crippen molar-refractivity contribution in [3.63, 3.8) is 0 Å². The molecule has 146 valence electrons. The van der Waals surface area contributed by atoms with Crippen LogP contribution in [0.1, 0.15) is 35.8 Å². The van der Waals surface area contributed by atoms with Crippen molar-refractivity contribution in [3.8, 4) is 5.69 Å². The number of carbonyl (C=O) groups is 1. The second-order valence-corrected chi connectivity index (χ2v) is 8.60. The van der Waals surface area contributed by atoms with E-state index in [9.17, 15) is 13.2 Å². The summed E-state index contributed by atoms with van der Waals surface area (Å²) >= 11 is 5.94. The van der Waals surface area contributed by atoms with Crippen LogP contribution in [0.3, 0.4) is 0 Å². The van der Waals surface area contributed by atoms with Crippen molar-refractivity contribution in [2.75, 3.05) is 4.72 Å². The summed E-state index contributed by atoms with van der Waals surface area (Å²) in [5.41, 5.74) is 7.28. The van der Waals surface area contributed by atoms with Crippen LogP contribution in [0.25, 0.3) is 5.69 Å². The quantitative estimate of drug-likeness (QED) is 0.638. The summed E-state index contributed by atoms with van der Waals surface area (Å²) in [5.74, 6) is -0.628. The van der Waals surface area contributed by atoms with Crippen molar-refractivity contribution < 1.29 is 13.2 Å². The second kappa shape index (κ2) is 7.65. The molecule has 3 aromatic rings. The van der Waals surface area contributed by atoms with Gasteiger partial charge in [-0.05, 0) is 54.4 Å². The predicted octanol–water partition coefficient (Wildman–Crippen LogP) is 3.55. The zero-order valence-electron chi connectivity index (χ0n) is 15.3. The Kier molecular flexibility index (Phi) is 5.44.